The monoisotopic (exact) mass is 366 g/mol. The number of hydrogen-bond donors (Lipinski definition) is 0. The SMILES string of the molecule is CCCC[C@@H]1CC[C@@H]2CC(C3CCc4cc(CCC)ccc4C3)CCC2C1. The van der Waals surface area contributed by atoms with Crippen molar-refractivity contribution in [3.63, 3.8) is 0 Å². The van der Waals surface area contributed by atoms with Crippen LogP contribution in [0, 0.1) is 29.6 Å². The van der Waals surface area contributed by atoms with Crippen LogP contribution in [-0.2, 0) is 19.3 Å². The average Bonchev–Trinajstić information content (AvgIpc) is 2.71. The van der Waals surface area contributed by atoms with Crippen LogP contribution in [-0.4, -0.2) is 0 Å². The zero-order valence-corrected chi connectivity index (χ0v) is 18.0. The summed E-state index contributed by atoms with van der Waals surface area (Å²) >= 11 is 0. The van der Waals surface area contributed by atoms with E-state index in [1.807, 2.05) is 0 Å². The van der Waals surface area contributed by atoms with Crippen molar-refractivity contribution in [2.24, 2.45) is 29.6 Å². The molecule has 0 amide bonds. The molecule has 0 nitrogen and oxygen atoms in total. The highest BCUT2D eigenvalue weighted by Gasteiger charge is 2.38. The van der Waals surface area contributed by atoms with Crippen molar-refractivity contribution in [2.75, 3.05) is 0 Å². The number of fused-ring (bicyclic) bond motifs is 2. The first kappa shape index (κ1) is 19.5. The first-order chi connectivity index (χ1) is 13.3. The molecule has 0 N–H and O–H groups in total. The van der Waals surface area contributed by atoms with Gasteiger partial charge in [0.1, 0.15) is 0 Å². The third kappa shape index (κ3) is 4.63. The molecule has 150 valence electrons. The second-order valence-electron chi connectivity index (χ2n) is 10.3. The number of rotatable bonds is 6. The van der Waals surface area contributed by atoms with Gasteiger partial charge in [0.15, 0.2) is 0 Å². The van der Waals surface area contributed by atoms with E-state index in [0.717, 1.165) is 29.6 Å². The Hall–Kier alpha value is -0.780. The van der Waals surface area contributed by atoms with Gasteiger partial charge in [-0.3, -0.25) is 0 Å². The van der Waals surface area contributed by atoms with Gasteiger partial charge < -0.3 is 0 Å². The minimum atomic E-state index is 0.980. The molecule has 5 atom stereocenters. The summed E-state index contributed by atoms with van der Waals surface area (Å²) in [6.45, 7) is 4.65. The topological polar surface area (TPSA) is 0 Å². The Kier molecular flexibility index (Phi) is 6.62. The quantitative estimate of drug-likeness (QED) is 0.482. The molecule has 3 aliphatic rings. The van der Waals surface area contributed by atoms with Crippen LogP contribution in [0.1, 0.15) is 101 Å². The Morgan fingerprint density at radius 1 is 0.778 bits per heavy atom. The molecule has 0 aliphatic heterocycles. The smallest absolute Gasteiger partial charge is 0.0245 e. The fourth-order valence-electron chi connectivity index (χ4n) is 6.89. The summed E-state index contributed by atoms with van der Waals surface area (Å²) in [6, 6.07) is 7.43. The number of unbranched alkanes of at least 4 members (excludes halogenated alkanes) is 1. The third-order valence-corrected chi connectivity index (χ3v) is 8.47. The fraction of sp³-hybridized carbons (Fsp3) is 0.778. The van der Waals surface area contributed by atoms with Gasteiger partial charge in [-0.05, 0) is 104 Å². The van der Waals surface area contributed by atoms with Gasteiger partial charge in [0.05, 0.1) is 0 Å². The molecule has 0 saturated heterocycles. The first-order valence-electron chi connectivity index (χ1n) is 12.4. The van der Waals surface area contributed by atoms with Crippen LogP contribution < -0.4 is 0 Å². The normalized spacial score (nSPS) is 33.3. The largest absolute Gasteiger partial charge is 0.0654 e. The van der Waals surface area contributed by atoms with Crippen molar-refractivity contribution in [3.8, 4) is 0 Å². The summed E-state index contributed by atoms with van der Waals surface area (Å²) in [4.78, 5) is 0. The highest BCUT2D eigenvalue weighted by Crippen LogP contribution is 2.49. The molecule has 3 unspecified atom stereocenters. The molecule has 2 saturated carbocycles. The zero-order chi connectivity index (χ0) is 18.6. The Morgan fingerprint density at radius 3 is 2.37 bits per heavy atom. The van der Waals surface area contributed by atoms with Gasteiger partial charge in [-0.25, -0.2) is 0 Å². The molecule has 0 heterocycles. The molecule has 0 heteroatoms. The molecule has 0 bridgehead atoms. The second kappa shape index (κ2) is 9.15. The number of benzene rings is 1. The van der Waals surface area contributed by atoms with Crippen LogP contribution in [0.3, 0.4) is 0 Å². The summed E-state index contributed by atoms with van der Waals surface area (Å²) < 4.78 is 0. The molecule has 1 aromatic rings. The van der Waals surface area contributed by atoms with Gasteiger partial charge in [0, 0.05) is 0 Å². The lowest BCUT2D eigenvalue weighted by atomic mass is 9.61. The fourth-order valence-corrected chi connectivity index (χ4v) is 6.89. The minimum absolute atomic E-state index is 0.980. The third-order valence-electron chi connectivity index (χ3n) is 8.47. The maximum Gasteiger partial charge on any atom is -0.0245 e. The van der Waals surface area contributed by atoms with E-state index >= 15 is 0 Å². The van der Waals surface area contributed by atoms with Gasteiger partial charge in [-0.2, -0.15) is 0 Å². The Bertz CT molecular complexity index is 600. The van der Waals surface area contributed by atoms with Crippen LogP contribution in [0.25, 0.3) is 0 Å². The number of hydrogen-bond acceptors (Lipinski definition) is 0. The molecule has 1 aromatic carbocycles. The van der Waals surface area contributed by atoms with E-state index in [9.17, 15) is 0 Å². The lowest BCUT2D eigenvalue weighted by Gasteiger charge is -2.45. The van der Waals surface area contributed by atoms with E-state index in [2.05, 4.69) is 32.0 Å². The van der Waals surface area contributed by atoms with E-state index in [1.165, 1.54) is 57.8 Å². The molecular formula is C27H42. The van der Waals surface area contributed by atoms with Crippen LogP contribution in [0.5, 0.6) is 0 Å². The Morgan fingerprint density at radius 2 is 1.56 bits per heavy atom. The molecule has 0 radical (unpaired) electrons. The summed E-state index contributed by atoms with van der Waals surface area (Å²) in [5.41, 5.74) is 4.94. The van der Waals surface area contributed by atoms with E-state index in [1.54, 1.807) is 48.8 Å². The summed E-state index contributed by atoms with van der Waals surface area (Å²) in [5, 5.41) is 0. The first-order valence-corrected chi connectivity index (χ1v) is 12.4. The lowest BCUT2D eigenvalue weighted by molar-refractivity contribution is 0.0691. The van der Waals surface area contributed by atoms with E-state index in [0.29, 0.717) is 0 Å². The van der Waals surface area contributed by atoms with Crippen molar-refractivity contribution >= 4 is 0 Å². The average molecular weight is 367 g/mol. The predicted octanol–water partition coefficient (Wildman–Crippen LogP) is 7.77. The Balaban J connectivity index is 1.32. The summed E-state index contributed by atoms with van der Waals surface area (Å²) in [5.74, 6) is 5.25. The second-order valence-corrected chi connectivity index (χ2v) is 10.3. The molecule has 3 aliphatic carbocycles. The lowest BCUT2D eigenvalue weighted by Crippen LogP contribution is -2.35. The van der Waals surface area contributed by atoms with Crippen molar-refractivity contribution < 1.29 is 0 Å². The predicted molar refractivity (Wildman–Crippen MR) is 117 cm³/mol. The van der Waals surface area contributed by atoms with Gasteiger partial charge in [0.2, 0.25) is 0 Å². The number of aryl methyl sites for hydroxylation is 2. The van der Waals surface area contributed by atoms with Crippen molar-refractivity contribution in [1.82, 2.24) is 0 Å². The van der Waals surface area contributed by atoms with Gasteiger partial charge in [0.25, 0.3) is 0 Å². The molecular weight excluding hydrogens is 324 g/mol. The Labute approximate surface area is 168 Å². The minimum Gasteiger partial charge on any atom is -0.0654 e. The van der Waals surface area contributed by atoms with Gasteiger partial charge in [-0.15, -0.1) is 0 Å². The van der Waals surface area contributed by atoms with Crippen LogP contribution in [0.2, 0.25) is 0 Å². The molecule has 27 heavy (non-hydrogen) atoms. The highest BCUT2D eigenvalue weighted by molar-refractivity contribution is 5.34. The molecule has 2 fully saturated rings. The standard InChI is InChI=1S/C27H42/c1-3-5-7-21-9-11-25-19-27(15-13-23(25)17-21)26-14-12-22-16-20(6-4-2)8-10-24(22)18-26/h8,10,16,21,23,25-27H,3-7,9,11-15,17-19H2,1-2H3/t21-,23?,25-,26?,27?/m1/s1. The summed E-state index contributed by atoms with van der Waals surface area (Å²) in [6.07, 6.45) is 20.4. The zero-order valence-electron chi connectivity index (χ0n) is 18.0. The van der Waals surface area contributed by atoms with Crippen LogP contribution >= 0.6 is 0 Å². The van der Waals surface area contributed by atoms with E-state index in [-0.39, 0.29) is 0 Å². The molecule has 0 spiro atoms. The highest BCUT2D eigenvalue weighted by atomic mass is 14.4. The maximum atomic E-state index is 2.53. The molecule has 0 aromatic heterocycles. The maximum absolute atomic E-state index is 2.53. The van der Waals surface area contributed by atoms with Gasteiger partial charge >= 0.3 is 0 Å². The van der Waals surface area contributed by atoms with Crippen molar-refractivity contribution in [3.05, 3.63) is 34.9 Å². The van der Waals surface area contributed by atoms with E-state index < -0.39 is 0 Å². The van der Waals surface area contributed by atoms with E-state index in [4.69, 9.17) is 0 Å². The van der Waals surface area contributed by atoms with Crippen LogP contribution in [0.15, 0.2) is 18.2 Å². The summed E-state index contributed by atoms with van der Waals surface area (Å²) in [7, 11) is 0. The van der Waals surface area contributed by atoms with Crippen molar-refractivity contribution in [2.45, 2.75) is 104 Å². The van der Waals surface area contributed by atoms with Gasteiger partial charge in [-0.1, -0.05) is 64.2 Å². The molecule has 4 rings (SSSR count). The van der Waals surface area contributed by atoms with Crippen molar-refractivity contribution in [1.29, 1.82) is 0 Å². The van der Waals surface area contributed by atoms with Crippen LogP contribution in [0.4, 0.5) is 0 Å².